The van der Waals surface area contributed by atoms with Gasteiger partial charge in [0.2, 0.25) is 11.7 Å². The van der Waals surface area contributed by atoms with Gasteiger partial charge in [-0.25, -0.2) is 0 Å². The molecular formula is C15H25N3O3. The molecule has 1 saturated heterocycles. The second-order valence-corrected chi connectivity index (χ2v) is 5.96. The quantitative estimate of drug-likeness (QED) is 0.895. The summed E-state index contributed by atoms with van der Waals surface area (Å²) in [6.45, 7) is 4.11. The third-order valence-electron chi connectivity index (χ3n) is 4.73. The van der Waals surface area contributed by atoms with Gasteiger partial charge >= 0.3 is 0 Å². The third-order valence-corrected chi connectivity index (χ3v) is 4.73. The van der Waals surface area contributed by atoms with E-state index in [1.165, 1.54) is 0 Å². The molecule has 2 fully saturated rings. The van der Waals surface area contributed by atoms with Crippen molar-refractivity contribution in [1.29, 1.82) is 0 Å². The Labute approximate surface area is 125 Å². The average molecular weight is 295 g/mol. The zero-order valence-corrected chi connectivity index (χ0v) is 12.9. The Morgan fingerprint density at radius 1 is 1.38 bits per heavy atom. The Bertz CT molecular complexity index is 457. The predicted molar refractivity (Wildman–Crippen MR) is 77.1 cm³/mol. The number of likely N-dealkylation sites (N-methyl/N-ethyl adjacent to an activating group) is 1. The van der Waals surface area contributed by atoms with Crippen LogP contribution in [0.25, 0.3) is 0 Å². The molecule has 6 heteroatoms. The maximum Gasteiger partial charge on any atom is 0.233 e. The lowest BCUT2D eigenvalue weighted by Gasteiger charge is -2.28. The summed E-state index contributed by atoms with van der Waals surface area (Å²) in [5, 5.41) is 7.57. The van der Waals surface area contributed by atoms with Crippen LogP contribution < -0.4 is 5.32 Å². The van der Waals surface area contributed by atoms with Crippen LogP contribution in [0, 0.1) is 0 Å². The van der Waals surface area contributed by atoms with Crippen LogP contribution in [0.4, 0.5) is 0 Å². The van der Waals surface area contributed by atoms with Crippen molar-refractivity contribution in [2.45, 2.75) is 56.6 Å². The lowest BCUT2D eigenvalue weighted by molar-refractivity contribution is -0.0469. The molecule has 0 bridgehead atoms. The van der Waals surface area contributed by atoms with Gasteiger partial charge in [-0.15, -0.1) is 0 Å². The Hall–Kier alpha value is -0.980. The lowest BCUT2D eigenvalue weighted by Crippen LogP contribution is -2.39. The molecule has 2 heterocycles. The molecule has 1 N–H and O–H groups in total. The van der Waals surface area contributed by atoms with E-state index >= 15 is 0 Å². The largest absolute Gasteiger partial charge is 0.381 e. The highest BCUT2D eigenvalue weighted by Crippen LogP contribution is 2.41. The Kier molecular flexibility index (Phi) is 4.57. The Morgan fingerprint density at radius 2 is 2.19 bits per heavy atom. The van der Waals surface area contributed by atoms with Crippen LogP contribution in [-0.2, 0) is 15.1 Å². The SMILES string of the molecule is CCOC1(c2noc(C3COCCC3NC)n2)CCCC1. The van der Waals surface area contributed by atoms with Gasteiger partial charge in [0.1, 0.15) is 5.60 Å². The molecule has 2 atom stereocenters. The van der Waals surface area contributed by atoms with Crippen molar-refractivity contribution in [3.05, 3.63) is 11.7 Å². The van der Waals surface area contributed by atoms with Crippen molar-refractivity contribution in [2.75, 3.05) is 26.9 Å². The van der Waals surface area contributed by atoms with Crippen molar-refractivity contribution >= 4 is 0 Å². The molecule has 1 aromatic heterocycles. The highest BCUT2D eigenvalue weighted by molar-refractivity contribution is 5.08. The fourth-order valence-corrected chi connectivity index (χ4v) is 3.55. The molecule has 0 amide bonds. The Balaban J connectivity index is 1.81. The summed E-state index contributed by atoms with van der Waals surface area (Å²) in [6.07, 6.45) is 5.26. The van der Waals surface area contributed by atoms with Gasteiger partial charge in [0, 0.05) is 19.3 Å². The van der Waals surface area contributed by atoms with E-state index < -0.39 is 0 Å². The van der Waals surface area contributed by atoms with Crippen LogP contribution >= 0.6 is 0 Å². The fourth-order valence-electron chi connectivity index (χ4n) is 3.55. The Morgan fingerprint density at radius 3 is 2.90 bits per heavy atom. The lowest BCUT2D eigenvalue weighted by atomic mass is 9.95. The standard InChI is InChI=1S/C15H25N3O3/c1-3-20-15(7-4-5-8-15)14-17-13(21-18-14)11-10-19-9-6-12(11)16-2/h11-12,16H,3-10H2,1-2H3. The summed E-state index contributed by atoms with van der Waals surface area (Å²) < 4.78 is 17.1. The van der Waals surface area contributed by atoms with Gasteiger partial charge < -0.3 is 19.3 Å². The first-order valence-electron chi connectivity index (χ1n) is 8.02. The topological polar surface area (TPSA) is 69.4 Å². The van der Waals surface area contributed by atoms with Crippen LogP contribution in [0.15, 0.2) is 4.52 Å². The predicted octanol–water partition coefficient (Wildman–Crippen LogP) is 1.97. The molecule has 0 spiro atoms. The molecule has 1 saturated carbocycles. The maximum absolute atomic E-state index is 6.00. The molecule has 21 heavy (non-hydrogen) atoms. The van der Waals surface area contributed by atoms with E-state index in [1.54, 1.807) is 0 Å². The molecule has 118 valence electrons. The van der Waals surface area contributed by atoms with Gasteiger partial charge in [0.25, 0.3) is 0 Å². The molecule has 2 aliphatic rings. The van der Waals surface area contributed by atoms with Crippen LogP contribution in [0.3, 0.4) is 0 Å². The molecule has 1 aliphatic heterocycles. The molecule has 0 aromatic carbocycles. The van der Waals surface area contributed by atoms with Gasteiger partial charge in [-0.3, -0.25) is 0 Å². The van der Waals surface area contributed by atoms with Crippen molar-refractivity contribution in [1.82, 2.24) is 15.5 Å². The highest BCUT2D eigenvalue weighted by atomic mass is 16.5. The number of nitrogens with zero attached hydrogens (tertiary/aromatic N) is 2. The molecule has 3 rings (SSSR count). The first kappa shape index (κ1) is 14.9. The fraction of sp³-hybridized carbons (Fsp3) is 0.867. The summed E-state index contributed by atoms with van der Waals surface area (Å²) in [5.74, 6) is 1.53. The minimum absolute atomic E-state index is 0.130. The molecule has 1 aromatic rings. The smallest absolute Gasteiger partial charge is 0.233 e. The van der Waals surface area contributed by atoms with Crippen molar-refractivity contribution in [2.24, 2.45) is 0 Å². The van der Waals surface area contributed by atoms with Gasteiger partial charge in [-0.1, -0.05) is 5.16 Å². The first-order chi connectivity index (χ1) is 10.3. The van der Waals surface area contributed by atoms with Crippen LogP contribution in [0.5, 0.6) is 0 Å². The minimum atomic E-state index is -0.332. The summed E-state index contributed by atoms with van der Waals surface area (Å²) in [4.78, 5) is 4.68. The second kappa shape index (κ2) is 6.42. The number of nitrogens with one attached hydrogen (secondary N) is 1. The molecule has 0 radical (unpaired) electrons. The van der Waals surface area contributed by atoms with Crippen molar-refractivity contribution in [3.63, 3.8) is 0 Å². The van der Waals surface area contributed by atoms with Gasteiger partial charge in [0.05, 0.1) is 12.5 Å². The number of rotatable bonds is 5. The number of ether oxygens (including phenoxy) is 2. The summed E-state index contributed by atoms with van der Waals surface area (Å²) in [6, 6.07) is 0.332. The summed E-state index contributed by atoms with van der Waals surface area (Å²) in [7, 11) is 1.97. The highest BCUT2D eigenvalue weighted by Gasteiger charge is 2.42. The van der Waals surface area contributed by atoms with Crippen LogP contribution in [0.2, 0.25) is 0 Å². The van der Waals surface area contributed by atoms with Crippen LogP contribution in [0.1, 0.15) is 56.7 Å². The van der Waals surface area contributed by atoms with E-state index in [0.29, 0.717) is 25.1 Å². The maximum atomic E-state index is 6.00. The average Bonchev–Trinajstić information content (AvgIpc) is 3.17. The summed E-state index contributed by atoms with van der Waals surface area (Å²) in [5.41, 5.74) is -0.332. The number of aromatic nitrogens is 2. The molecular weight excluding hydrogens is 270 g/mol. The monoisotopic (exact) mass is 295 g/mol. The first-order valence-corrected chi connectivity index (χ1v) is 8.02. The van der Waals surface area contributed by atoms with Crippen LogP contribution in [-0.4, -0.2) is 43.1 Å². The summed E-state index contributed by atoms with van der Waals surface area (Å²) >= 11 is 0. The minimum Gasteiger partial charge on any atom is -0.381 e. The zero-order valence-electron chi connectivity index (χ0n) is 12.9. The zero-order chi connectivity index (χ0) is 14.7. The normalized spacial score (nSPS) is 28.9. The van der Waals surface area contributed by atoms with E-state index in [0.717, 1.165) is 44.5 Å². The third kappa shape index (κ3) is 2.84. The second-order valence-electron chi connectivity index (χ2n) is 5.96. The van der Waals surface area contributed by atoms with Crippen molar-refractivity contribution < 1.29 is 14.0 Å². The van der Waals surface area contributed by atoms with E-state index in [2.05, 4.69) is 15.5 Å². The van der Waals surface area contributed by atoms with Gasteiger partial charge in [0.15, 0.2) is 0 Å². The van der Waals surface area contributed by atoms with E-state index in [4.69, 9.17) is 14.0 Å². The van der Waals surface area contributed by atoms with E-state index in [-0.39, 0.29) is 11.5 Å². The number of hydrogen-bond donors (Lipinski definition) is 1. The van der Waals surface area contributed by atoms with Gasteiger partial charge in [-0.05, 0) is 46.1 Å². The van der Waals surface area contributed by atoms with E-state index in [1.807, 2.05) is 14.0 Å². The molecule has 1 aliphatic carbocycles. The van der Waals surface area contributed by atoms with E-state index in [9.17, 15) is 0 Å². The molecule has 6 nitrogen and oxygen atoms in total. The molecule has 2 unspecified atom stereocenters. The van der Waals surface area contributed by atoms with Gasteiger partial charge in [-0.2, -0.15) is 4.98 Å². The number of hydrogen-bond acceptors (Lipinski definition) is 6. The van der Waals surface area contributed by atoms with Crippen molar-refractivity contribution in [3.8, 4) is 0 Å².